The number of rotatable bonds is 9. The van der Waals surface area contributed by atoms with Gasteiger partial charge in [0.2, 0.25) is 12.7 Å². The summed E-state index contributed by atoms with van der Waals surface area (Å²) in [6.07, 6.45) is 2.04. The van der Waals surface area contributed by atoms with Crippen LogP contribution in [0.1, 0.15) is 39.5 Å². The van der Waals surface area contributed by atoms with E-state index in [0.717, 1.165) is 17.1 Å². The molecule has 3 fully saturated rings. The van der Waals surface area contributed by atoms with Crippen LogP contribution in [0.25, 0.3) is 0 Å². The fourth-order valence-electron chi connectivity index (χ4n) is 5.39. The molecule has 14 heteroatoms. The average molecular weight is 548 g/mol. The third-order valence-electron chi connectivity index (χ3n) is 7.50. The molecule has 4 aliphatic rings. The largest absolute Gasteiger partial charge is 0.428 e. The van der Waals surface area contributed by atoms with Gasteiger partial charge in [-0.25, -0.2) is 9.93 Å². The summed E-state index contributed by atoms with van der Waals surface area (Å²) in [5, 5.41) is 15.1. The van der Waals surface area contributed by atoms with E-state index >= 15 is 0 Å². The van der Waals surface area contributed by atoms with Crippen LogP contribution in [0.15, 0.2) is 10.6 Å². The minimum absolute atomic E-state index is 0.0603. The molecule has 3 heterocycles. The maximum atomic E-state index is 13.1. The van der Waals surface area contributed by atoms with Crippen molar-refractivity contribution in [2.45, 2.75) is 63.0 Å². The summed E-state index contributed by atoms with van der Waals surface area (Å²) in [6, 6.07) is -0.407. The number of carbonyl (C=O) groups excluding carboxylic acids is 3. The molecule has 0 radical (unpaired) electrons. The van der Waals surface area contributed by atoms with Crippen molar-refractivity contribution in [2.75, 3.05) is 27.0 Å². The Morgan fingerprint density at radius 1 is 1.19 bits per heavy atom. The highest BCUT2D eigenvalue weighted by Crippen LogP contribution is 2.52. The number of hydrogen-bond donors (Lipinski definition) is 2. The first-order valence-electron chi connectivity index (χ1n) is 12.0. The third kappa shape index (κ3) is 5.16. The maximum Gasteiger partial charge on any atom is 0.358 e. The molecular weight excluding hydrogens is 514 g/mol. The Hall–Kier alpha value is -1.71. The lowest BCUT2D eigenvalue weighted by atomic mass is 9.79. The van der Waals surface area contributed by atoms with Gasteiger partial charge in [0.15, 0.2) is 0 Å². The molecule has 3 N–H and O–H groups in total. The molecule has 36 heavy (non-hydrogen) atoms. The molecule has 202 valence electrons. The van der Waals surface area contributed by atoms with Crippen LogP contribution in [0.2, 0.25) is 0 Å². The number of aliphatic hydroxyl groups excluding tert-OH is 1. The number of ether oxygens (including phenoxy) is 3. The van der Waals surface area contributed by atoms with E-state index in [0.29, 0.717) is 17.7 Å². The maximum absolute atomic E-state index is 13.1. The van der Waals surface area contributed by atoms with Gasteiger partial charge in [-0.2, -0.15) is 12.7 Å². The van der Waals surface area contributed by atoms with Crippen molar-refractivity contribution in [3.8, 4) is 0 Å². The summed E-state index contributed by atoms with van der Waals surface area (Å²) in [6.45, 7) is 3.18. The zero-order valence-electron chi connectivity index (χ0n) is 20.5. The van der Waals surface area contributed by atoms with Crippen molar-refractivity contribution in [1.82, 2.24) is 9.21 Å². The Morgan fingerprint density at radius 3 is 2.39 bits per heavy atom. The normalized spacial score (nSPS) is 32.0. The Morgan fingerprint density at radius 2 is 1.83 bits per heavy atom. The molecule has 0 aromatic carbocycles. The molecule has 3 aliphatic heterocycles. The van der Waals surface area contributed by atoms with Gasteiger partial charge in [0.05, 0.1) is 30.1 Å². The van der Waals surface area contributed by atoms with Crippen molar-refractivity contribution in [2.24, 2.45) is 22.9 Å². The lowest BCUT2D eigenvalue weighted by molar-refractivity contribution is -0.174. The third-order valence-corrected chi connectivity index (χ3v) is 9.97. The average Bonchev–Trinajstić information content (AvgIpc) is 3.02. The highest BCUT2D eigenvalue weighted by atomic mass is 32.2. The van der Waals surface area contributed by atoms with E-state index in [2.05, 4.69) is 0 Å². The molecular formula is C22H33N3O9S2. The van der Waals surface area contributed by atoms with E-state index in [1.54, 1.807) is 7.11 Å². The number of amides is 1. The molecule has 0 unspecified atom stereocenters. The Bertz CT molecular complexity index is 1030. The van der Waals surface area contributed by atoms with Crippen molar-refractivity contribution in [3.05, 3.63) is 10.6 Å². The van der Waals surface area contributed by atoms with Gasteiger partial charge >= 0.3 is 11.9 Å². The highest BCUT2D eigenvalue weighted by Gasteiger charge is 2.60. The number of aliphatic hydroxyl groups is 1. The summed E-state index contributed by atoms with van der Waals surface area (Å²) in [4.78, 5) is 40.2. The second-order valence-corrected chi connectivity index (χ2v) is 12.7. The predicted octanol–water partition coefficient (Wildman–Crippen LogP) is -0.0745. The molecule has 12 nitrogen and oxygen atoms in total. The second-order valence-electron chi connectivity index (χ2n) is 9.79. The quantitative estimate of drug-likeness (QED) is 0.227. The first-order chi connectivity index (χ1) is 16.9. The van der Waals surface area contributed by atoms with Gasteiger partial charge < -0.3 is 24.2 Å². The second kappa shape index (κ2) is 10.6. The number of methoxy groups -OCH3 is 1. The molecule has 1 amide bonds. The highest BCUT2D eigenvalue weighted by molar-refractivity contribution is 8.04. The predicted molar refractivity (Wildman–Crippen MR) is 128 cm³/mol. The number of carbonyl (C=O) groups is 3. The zero-order valence-corrected chi connectivity index (χ0v) is 22.1. The summed E-state index contributed by atoms with van der Waals surface area (Å²) >= 11 is 1.31. The summed E-state index contributed by atoms with van der Waals surface area (Å²) in [7, 11) is -2.14. The lowest BCUT2D eigenvalue weighted by Crippen LogP contribution is -2.63. The van der Waals surface area contributed by atoms with Crippen LogP contribution >= 0.6 is 11.8 Å². The minimum atomic E-state index is -3.79. The molecule has 1 saturated carbocycles. The molecule has 1 aliphatic carbocycles. The minimum Gasteiger partial charge on any atom is -0.428 e. The monoisotopic (exact) mass is 547 g/mol. The number of esters is 2. The number of β-lactam (4-membered cyclic amide) rings is 1. The van der Waals surface area contributed by atoms with Crippen molar-refractivity contribution in [1.29, 1.82) is 0 Å². The van der Waals surface area contributed by atoms with Crippen LogP contribution in [0, 0.1) is 17.8 Å². The van der Waals surface area contributed by atoms with Gasteiger partial charge in [-0.15, -0.1) is 11.8 Å². The van der Waals surface area contributed by atoms with Gasteiger partial charge in [-0.05, 0) is 32.6 Å². The Balaban J connectivity index is 1.41. The van der Waals surface area contributed by atoms with Crippen molar-refractivity contribution < 1.29 is 42.1 Å². The van der Waals surface area contributed by atoms with Crippen LogP contribution in [0.3, 0.4) is 0 Å². The van der Waals surface area contributed by atoms with E-state index in [1.807, 2.05) is 6.92 Å². The van der Waals surface area contributed by atoms with Gasteiger partial charge in [0.25, 0.3) is 10.2 Å². The first kappa shape index (κ1) is 27.3. The van der Waals surface area contributed by atoms with E-state index in [4.69, 9.17) is 19.3 Å². The number of nitrogens with two attached hydrogens (primary N) is 1. The molecule has 4 rings (SSSR count). The van der Waals surface area contributed by atoms with Crippen molar-refractivity contribution >= 4 is 39.8 Å². The summed E-state index contributed by atoms with van der Waals surface area (Å²) in [5.74, 6) is -2.81. The summed E-state index contributed by atoms with van der Waals surface area (Å²) in [5.41, 5.74) is 0.0603. The Labute approximate surface area is 214 Å². The van der Waals surface area contributed by atoms with E-state index < -0.39 is 47.0 Å². The molecule has 0 aromatic heterocycles. The standard InChI is InChI=1S/C22H33N3O9S2/c1-11-17-16(12(2)26)20(27)25(17)18(19(11)35-15-8-24(9-15)36(23,30)31)22(29)34-10-33-21(28)13-4-6-14(32-3)7-5-13/h11-17,26H,4-10H2,1-3H3,(H2,23,30,31)/t11-,12-,13?,14?,16-,17-/m1/s1. The van der Waals surface area contributed by atoms with Gasteiger partial charge in [-0.1, -0.05) is 6.92 Å². The molecule has 0 aromatic rings. The van der Waals surface area contributed by atoms with Crippen LogP contribution in [0.5, 0.6) is 0 Å². The van der Waals surface area contributed by atoms with Crippen LogP contribution in [-0.2, 0) is 38.8 Å². The van der Waals surface area contributed by atoms with Gasteiger partial charge in [0, 0.05) is 36.3 Å². The number of thioether (sulfide) groups is 1. The summed E-state index contributed by atoms with van der Waals surface area (Å²) < 4.78 is 39.9. The van der Waals surface area contributed by atoms with Gasteiger partial charge in [-0.3, -0.25) is 9.59 Å². The smallest absolute Gasteiger partial charge is 0.358 e. The Kier molecular flexibility index (Phi) is 8.03. The first-order valence-corrected chi connectivity index (χ1v) is 14.4. The number of fused-ring (bicyclic) bond motifs is 1. The lowest BCUT2D eigenvalue weighted by Gasteiger charge is -2.46. The number of hydrogen-bond acceptors (Lipinski definition) is 10. The topological polar surface area (TPSA) is 166 Å². The molecule has 2 saturated heterocycles. The fraction of sp³-hybridized carbons (Fsp3) is 0.773. The SMILES string of the molecule is COC1CCC(C(=O)OCOC(=O)C2=C(SC3CN(S(N)(=O)=O)C3)[C@H](C)[C@@H]3[C@@H]([C@@H](C)O)C(=O)N23)CC1. The van der Waals surface area contributed by atoms with Crippen LogP contribution < -0.4 is 5.14 Å². The molecule has 0 bridgehead atoms. The molecule has 4 atom stereocenters. The zero-order chi connectivity index (χ0) is 26.4. The number of nitrogens with zero attached hydrogens (tertiary/aromatic N) is 2. The van der Waals surface area contributed by atoms with E-state index in [-0.39, 0.29) is 47.9 Å². The van der Waals surface area contributed by atoms with Crippen molar-refractivity contribution in [3.63, 3.8) is 0 Å². The fourth-order valence-corrected chi connectivity index (χ4v) is 7.87. The van der Waals surface area contributed by atoms with E-state index in [1.165, 1.54) is 23.6 Å². The molecule has 0 spiro atoms. The van der Waals surface area contributed by atoms with Gasteiger partial charge in [0.1, 0.15) is 5.70 Å². The van der Waals surface area contributed by atoms with Crippen LogP contribution in [-0.4, -0.2) is 91.1 Å². The van der Waals surface area contributed by atoms with E-state index in [9.17, 15) is 27.9 Å². The van der Waals surface area contributed by atoms with Crippen LogP contribution in [0.4, 0.5) is 0 Å².